The third-order valence-corrected chi connectivity index (χ3v) is 2.52. The zero-order valence-corrected chi connectivity index (χ0v) is 8.10. The van der Waals surface area contributed by atoms with Crippen molar-refractivity contribution in [1.29, 1.82) is 0 Å². The fourth-order valence-corrected chi connectivity index (χ4v) is 1.91. The van der Waals surface area contributed by atoms with Crippen LogP contribution in [0.15, 0.2) is 0 Å². The van der Waals surface area contributed by atoms with E-state index in [9.17, 15) is 0 Å². The van der Waals surface area contributed by atoms with E-state index in [1.807, 2.05) is 0 Å². The van der Waals surface area contributed by atoms with Crippen LogP contribution in [0.3, 0.4) is 0 Å². The molecule has 0 aromatic heterocycles. The van der Waals surface area contributed by atoms with E-state index < -0.39 is 0 Å². The standard InChI is InChI=1S/C8H17NO.ClH/c1-9(2)8-5-3-4-7(8)6-10;/h7-8,10H,3-6H2,1-2H3;1H/t7-,8+;/m0./s1. The van der Waals surface area contributed by atoms with Crippen LogP contribution in [0.4, 0.5) is 0 Å². The van der Waals surface area contributed by atoms with E-state index >= 15 is 0 Å². The molecule has 0 aromatic carbocycles. The zero-order chi connectivity index (χ0) is 7.56. The third kappa shape index (κ3) is 2.62. The Kier molecular flexibility index (Phi) is 5.06. The number of rotatable bonds is 2. The SMILES string of the molecule is CN(C)[C@@H]1CCC[C@H]1CO.Cl. The van der Waals surface area contributed by atoms with Crippen molar-refractivity contribution < 1.29 is 5.11 Å². The molecule has 0 aromatic rings. The normalized spacial score (nSPS) is 30.5. The van der Waals surface area contributed by atoms with E-state index in [1.54, 1.807) is 0 Å². The van der Waals surface area contributed by atoms with Crippen LogP contribution >= 0.6 is 12.4 Å². The Morgan fingerprint density at radius 1 is 1.36 bits per heavy atom. The molecular formula is C8H18ClNO. The van der Waals surface area contributed by atoms with Gasteiger partial charge >= 0.3 is 0 Å². The first kappa shape index (κ1) is 11.2. The second-order valence-electron chi connectivity index (χ2n) is 3.40. The Hall–Kier alpha value is 0.210. The molecule has 1 N–H and O–H groups in total. The number of hydrogen-bond donors (Lipinski definition) is 1. The molecule has 0 saturated heterocycles. The first-order valence-electron chi connectivity index (χ1n) is 4.03. The molecule has 0 amide bonds. The van der Waals surface area contributed by atoms with Gasteiger partial charge in [0.25, 0.3) is 0 Å². The maximum Gasteiger partial charge on any atom is 0.0474 e. The minimum absolute atomic E-state index is 0. The van der Waals surface area contributed by atoms with E-state index in [0.29, 0.717) is 18.6 Å². The lowest BCUT2D eigenvalue weighted by atomic mass is 10.0. The van der Waals surface area contributed by atoms with Crippen molar-refractivity contribution in [1.82, 2.24) is 4.90 Å². The number of aliphatic hydroxyl groups excluding tert-OH is 1. The molecule has 0 heterocycles. The van der Waals surface area contributed by atoms with E-state index in [0.717, 1.165) is 0 Å². The van der Waals surface area contributed by atoms with E-state index in [4.69, 9.17) is 5.11 Å². The molecule has 0 unspecified atom stereocenters. The predicted octanol–water partition coefficient (Wildman–Crippen LogP) is 1.13. The molecule has 2 nitrogen and oxygen atoms in total. The summed E-state index contributed by atoms with van der Waals surface area (Å²) in [6.07, 6.45) is 3.76. The van der Waals surface area contributed by atoms with Crippen LogP contribution in [0.2, 0.25) is 0 Å². The van der Waals surface area contributed by atoms with Crippen molar-refractivity contribution in [3.8, 4) is 0 Å². The highest BCUT2D eigenvalue weighted by Gasteiger charge is 2.27. The Labute approximate surface area is 75.0 Å². The molecule has 0 spiro atoms. The summed E-state index contributed by atoms with van der Waals surface area (Å²) >= 11 is 0. The molecule has 1 rings (SSSR count). The minimum Gasteiger partial charge on any atom is -0.396 e. The Morgan fingerprint density at radius 2 is 2.00 bits per heavy atom. The molecule has 3 heteroatoms. The lowest BCUT2D eigenvalue weighted by molar-refractivity contribution is 0.156. The number of halogens is 1. The first-order valence-corrected chi connectivity index (χ1v) is 4.03. The average Bonchev–Trinajstić information content (AvgIpc) is 2.33. The van der Waals surface area contributed by atoms with Crippen molar-refractivity contribution in [2.24, 2.45) is 5.92 Å². The van der Waals surface area contributed by atoms with Crippen LogP contribution in [0.5, 0.6) is 0 Å². The summed E-state index contributed by atoms with van der Waals surface area (Å²) in [5.74, 6) is 0.537. The van der Waals surface area contributed by atoms with Gasteiger partial charge in [-0.3, -0.25) is 0 Å². The number of nitrogens with zero attached hydrogens (tertiary/aromatic N) is 1. The highest BCUT2D eigenvalue weighted by Crippen LogP contribution is 2.27. The molecule has 1 saturated carbocycles. The van der Waals surface area contributed by atoms with Gasteiger partial charge in [-0.25, -0.2) is 0 Å². The van der Waals surface area contributed by atoms with Crippen LogP contribution in [-0.2, 0) is 0 Å². The average molecular weight is 180 g/mol. The summed E-state index contributed by atoms with van der Waals surface area (Å²) in [6, 6.07) is 0.630. The van der Waals surface area contributed by atoms with E-state index in [2.05, 4.69) is 19.0 Å². The smallest absolute Gasteiger partial charge is 0.0474 e. The van der Waals surface area contributed by atoms with Crippen LogP contribution < -0.4 is 0 Å². The maximum atomic E-state index is 8.96. The third-order valence-electron chi connectivity index (χ3n) is 2.52. The summed E-state index contributed by atoms with van der Waals surface area (Å²) in [5.41, 5.74) is 0. The lowest BCUT2D eigenvalue weighted by Crippen LogP contribution is -2.32. The molecule has 0 bridgehead atoms. The van der Waals surface area contributed by atoms with Gasteiger partial charge in [-0.05, 0) is 32.9 Å². The number of aliphatic hydroxyl groups is 1. The van der Waals surface area contributed by atoms with Gasteiger partial charge in [0.15, 0.2) is 0 Å². The van der Waals surface area contributed by atoms with Crippen LogP contribution in [0, 0.1) is 5.92 Å². The molecule has 0 aliphatic heterocycles. The highest BCUT2D eigenvalue weighted by molar-refractivity contribution is 5.85. The van der Waals surface area contributed by atoms with Gasteiger partial charge in [0, 0.05) is 12.6 Å². The highest BCUT2D eigenvalue weighted by atomic mass is 35.5. The molecule has 0 radical (unpaired) electrons. The van der Waals surface area contributed by atoms with Gasteiger partial charge in [-0.2, -0.15) is 0 Å². The van der Waals surface area contributed by atoms with Gasteiger partial charge in [-0.15, -0.1) is 12.4 Å². The van der Waals surface area contributed by atoms with E-state index in [1.165, 1.54) is 19.3 Å². The molecule has 11 heavy (non-hydrogen) atoms. The second kappa shape index (κ2) is 4.96. The van der Waals surface area contributed by atoms with Crippen molar-refractivity contribution in [3.05, 3.63) is 0 Å². The van der Waals surface area contributed by atoms with Gasteiger partial charge in [0.1, 0.15) is 0 Å². The second-order valence-corrected chi connectivity index (χ2v) is 3.40. The minimum atomic E-state index is 0. The van der Waals surface area contributed by atoms with Gasteiger partial charge < -0.3 is 10.0 Å². The van der Waals surface area contributed by atoms with Crippen LogP contribution in [0.25, 0.3) is 0 Å². The topological polar surface area (TPSA) is 23.5 Å². The van der Waals surface area contributed by atoms with Crippen molar-refractivity contribution >= 4 is 12.4 Å². The maximum absolute atomic E-state index is 8.96. The summed E-state index contributed by atoms with van der Waals surface area (Å²) < 4.78 is 0. The fraction of sp³-hybridized carbons (Fsp3) is 1.00. The molecule has 2 atom stereocenters. The monoisotopic (exact) mass is 179 g/mol. The van der Waals surface area contributed by atoms with Gasteiger partial charge in [-0.1, -0.05) is 6.42 Å². The lowest BCUT2D eigenvalue weighted by Gasteiger charge is -2.24. The predicted molar refractivity (Wildman–Crippen MR) is 49.1 cm³/mol. The fourth-order valence-electron chi connectivity index (χ4n) is 1.91. The summed E-state index contributed by atoms with van der Waals surface area (Å²) in [7, 11) is 4.19. The Morgan fingerprint density at radius 3 is 2.36 bits per heavy atom. The van der Waals surface area contributed by atoms with Crippen LogP contribution in [-0.4, -0.2) is 36.8 Å². The largest absolute Gasteiger partial charge is 0.396 e. The van der Waals surface area contributed by atoms with Crippen molar-refractivity contribution in [2.75, 3.05) is 20.7 Å². The van der Waals surface area contributed by atoms with Crippen molar-refractivity contribution in [3.63, 3.8) is 0 Å². The zero-order valence-electron chi connectivity index (χ0n) is 7.29. The summed E-state index contributed by atoms with van der Waals surface area (Å²) in [5, 5.41) is 8.96. The van der Waals surface area contributed by atoms with Gasteiger partial charge in [0.05, 0.1) is 0 Å². The van der Waals surface area contributed by atoms with E-state index in [-0.39, 0.29) is 12.4 Å². The molecule has 68 valence electrons. The Bertz CT molecular complexity index is 108. The molecule has 1 aliphatic rings. The molecular weight excluding hydrogens is 162 g/mol. The summed E-state index contributed by atoms with van der Waals surface area (Å²) in [4.78, 5) is 2.23. The first-order chi connectivity index (χ1) is 4.75. The van der Waals surface area contributed by atoms with Gasteiger partial charge in [0.2, 0.25) is 0 Å². The molecule has 1 fully saturated rings. The number of hydrogen-bond acceptors (Lipinski definition) is 2. The van der Waals surface area contributed by atoms with Crippen LogP contribution in [0.1, 0.15) is 19.3 Å². The molecule has 1 aliphatic carbocycles. The summed E-state index contributed by atoms with van der Waals surface area (Å²) in [6.45, 7) is 0.364. The van der Waals surface area contributed by atoms with Crippen molar-refractivity contribution in [2.45, 2.75) is 25.3 Å². The Balaban J connectivity index is 0.000001000. The quantitative estimate of drug-likeness (QED) is 0.687.